The maximum Gasteiger partial charge on any atom is 0.140 e. The van der Waals surface area contributed by atoms with E-state index >= 15 is 0 Å². The molecule has 3 nitrogen and oxygen atoms in total. The fraction of sp³-hybridized carbons (Fsp3) is 0.133. The molecule has 0 fully saturated rings. The number of hydrogen-bond donors (Lipinski definition) is 2. The van der Waals surface area contributed by atoms with Crippen molar-refractivity contribution in [2.45, 2.75) is 13.0 Å². The average molecular weight is 273 g/mol. The molecule has 0 saturated carbocycles. The van der Waals surface area contributed by atoms with E-state index in [2.05, 4.69) is 11.4 Å². The highest BCUT2D eigenvalue weighted by molar-refractivity contribution is 6.32. The monoisotopic (exact) mass is 272 g/mol. The smallest absolute Gasteiger partial charge is 0.140 e. The topological polar surface area (TPSA) is 56.0 Å². The summed E-state index contributed by atoms with van der Waals surface area (Å²) in [5.41, 5.74) is 2.74. The molecule has 2 N–H and O–H groups in total. The minimum absolute atomic E-state index is 0.0115. The second-order valence-electron chi connectivity index (χ2n) is 4.28. The van der Waals surface area contributed by atoms with Gasteiger partial charge in [-0.05, 0) is 36.8 Å². The second kappa shape index (κ2) is 5.64. The first-order valence-corrected chi connectivity index (χ1v) is 6.19. The van der Waals surface area contributed by atoms with Gasteiger partial charge in [-0.25, -0.2) is 0 Å². The molecular formula is C15H13ClN2O. The molecule has 0 aliphatic carbocycles. The molecule has 0 amide bonds. The Bertz CT molecular complexity index is 617. The largest absolute Gasteiger partial charge is 0.506 e. The fourth-order valence-corrected chi connectivity index (χ4v) is 1.90. The summed E-state index contributed by atoms with van der Waals surface area (Å²) >= 11 is 5.85. The lowest BCUT2D eigenvalue weighted by atomic mass is 10.1. The minimum atomic E-state index is -0.513. The summed E-state index contributed by atoms with van der Waals surface area (Å²) in [6.45, 7) is 2.01. The lowest BCUT2D eigenvalue weighted by molar-refractivity contribution is 0.475. The van der Waals surface area contributed by atoms with Gasteiger partial charge in [0.1, 0.15) is 11.8 Å². The highest BCUT2D eigenvalue weighted by Gasteiger charge is 2.12. The van der Waals surface area contributed by atoms with Crippen molar-refractivity contribution in [1.82, 2.24) is 0 Å². The summed E-state index contributed by atoms with van der Waals surface area (Å²) in [7, 11) is 0. The summed E-state index contributed by atoms with van der Waals surface area (Å²) in [5.74, 6) is 0.0115. The van der Waals surface area contributed by atoms with E-state index in [0.29, 0.717) is 5.56 Å². The zero-order valence-electron chi connectivity index (χ0n) is 10.4. The lowest BCUT2D eigenvalue weighted by Gasteiger charge is -2.14. The Kier molecular flexibility index (Phi) is 3.94. The van der Waals surface area contributed by atoms with Gasteiger partial charge in [0, 0.05) is 5.69 Å². The first kappa shape index (κ1) is 13.3. The van der Waals surface area contributed by atoms with Gasteiger partial charge in [-0.1, -0.05) is 35.4 Å². The van der Waals surface area contributed by atoms with Gasteiger partial charge in [-0.3, -0.25) is 0 Å². The lowest BCUT2D eigenvalue weighted by Crippen LogP contribution is -2.08. The van der Waals surface area contributed by atoms with Crippen molar-refractivity contribution in [2.24, 2.45) is 0 Å². The number of rotatable bonds is 3. The number of aromatic hydroxyl groups is 1. The van der Waals surface area contributed by atoms with Crippen molar-refractivity contribution < 1.29 is 5.11 Å². The van der Waals surface area contributed by atoms with Crippen LogP contribution >= 0.6 is 11.6 Å². The van der Waals surface area contributed by atoms with Crippen LogP contribution < -0.4 is 5.32 Å². The molecule has 0 radical (unpaired) electrons. The number of anilines is 1. The van der Waals surface area contributed by atoms with Crippen LogP contribution in [0.1, 0.15) is 17.2 Å². The quantitative estimate of drug-likeness (QED) is 0.887. The third-order valence-corrected chi connectivity index (χ3v) is 3.10. The van der Waals surface area contributed by atoms with Crippen LogP contribution in [0, 0.1) is 18.3 Å². The van der Waals surface area contributed by atoms with Gasteiger partial charge in [0.15, 0.2) is 0 Å². The fourth-order valence-electron chi connectivity index (χ4n) is 1.71. The van der Waals surface area contributed by atoms with Gasteiger partial charge in [0.2, 0.25) is 0 Å². The van der Waals surface area contributed by atoms with E-state index in [1.165, 1.54) is 6.07 Å². The van der Waals surface area contributed by atoms with E-state index in [1.54, 1.807) is 12.1 Å². The van der Waals surface area contributed by atoms with Gasteiger partial charge in [0.25, 0.3) is 0 Å². The summed E-state index contributed by atoms with van der Waals surface area (Å²) in [4.78, 5) is 0. The van der Waals surface area contributed by atoms with Crippen molar-refractivity contribution in [2.75, 3.05) is 5.32 Å². The van der Waals surface area contributed by atoms with Crippen molar-refractivity contribution in [3.8, 4) is 11.8 Å². The second-order valence-corrected chi connectivity index (χ2v) is 4.69. The summed E-state index contributed by atoms with van der Waals surface area (Å²) < 4.78 is 0. The molecule has 1 atom stereocenters. The number of aryl methyl sites for hydroxylation is 1. The van der Waals surface area contributed by atoms with Crippen LogP contribution in [0.5, 0.6) is 5.75 Å². The number of nitriles is 1. The molecular weight excluding hydrogens is 260 g/mol. The zero-order chi connectivity index (χ0) is 13.8. The predicted octanol–water partition coefficient (Wildman–Crippen LogP) is 4.03. The van der Waals surface area contributed by atoms with Crippen molar-refractivity contribution >= 4 is 17.3 Å². The minimum Gasteiger partial charge on any atom is -0.506 e. The maximum atomic E-state index is 9.38. The van der Waals surface area contributed by atoms with Crippen LogP contribution in [0.2, 0.25) is 5.02 Å². The highest BCUT2D eigenvalue weighted by Crippen LogP contribution is 2.28. The van der Waals surface area contributed by atoms with E-state index in [9.17, 15) is 10.4 Å². The van der Waals surface area contributed by atoms with Gasteiger partial charge < -0.3 is 10.4 Å². The van der Waals surface area contributed by atoms with Gasteiger partial charge >= 0.3 is 0 Å². The maximum absolute atomic E-state index is 9.38. The molecule has 2 aromatic rings. The van der Waals surface area contributed by atoms with E-state index in [1.807, 2.05) is 31.2 Å². The molecule has 0 aromatic heterocycles. The molecule has 0 bridgehead atoms. The Labute approximate surface area is 117 Å². The van der Waals surface area contributed by atoms with Crippen molar-refractivity contribution in [3.63, 3.8) is 0 Å². The zero-order valence-corrected chi connectivity index (χ0v) is 11.1. The summed E-state index contributed by atoms with van der Waals surface area (Å²) in [5, 5.41) is 22.0. The van der Waals surface area contributed by atoms with E-state index in [0.717, 1.165) is 11.3 Å². The van der Waals surface area contributed by atoms with Crippen molar-refractivity contribution in [3.05, 3.63) is 58.6 Å². The molecule has 0 aliphatic rings. The third kappa shape index (κ3) is 3.18. The van der Waals surface area contributed by atoms with E-state index in [4.69, 9.17) is 11.6 Å². The molecule has 2 aromatic carbocycles. The number of phenolic OH excluding ortho intramolecular Hbond substituents is 1. The van der Waals surface area contributed by atoms with Crippen LogP contribution in [-0.2, 0) is 0 Å². The normalized spacial score (nSPS) is 11.6. The number of phenols is 1. The van der Waals surface area contributed by atoms with Crippen LogP contribution in [-0.4, -0.2) is 5.11 Å². The molecule has 4 heteroatoms. The Hall–Kier alpha value is -2.18. The Morgan fingerprint density at radius 1 is 1.21 bits per heavy atom. The number of benzene rings is 2. The number of hydrogen-bond acceptors (Lipinski definition) is 3. The molecule has 0 saturated heterocycles. The van der Waals surface area contributed by atoms with Crippen LogP contribution in [0.25, 0.3) is 0 Å². The van der Waals surface area contributed by atoms with Crippen LogP contribution in [0.15, 0.2) is 42.5 Å². The standard InChI is InChI=1S/C15H13ClN2O/c1-10-2-5-12(6-3-10)18-14(9-17)11-4-7-15(19)13(16)8-11/h2-8,14,18-19H,1H3. The highest BCUT2D eigenvalue weighted by atomic mass is 35.5. The average Bonchev–Trinajstić information content (AvgIpc) is 2.41. The first-order valence-electron chi connectivity index (χ1n) is 5.81. The molecule has 0 heterocycles. The number of halogens is 1. The first-order chi connectivity index (χ1) is 9.10. The predicted molar refractivity (Wildman–Crippen MR) is 76.3 cm³/mol. The molecule has 2 rings (SSSR count). The van der Waals surface area contributed by atoms with Crippen LogP contribution in [0.4, 0.5) is 5.69 Å². The number of nitrogens with one attached hydrogen (secondary N) is 1. The molecule has 19 heavy (non-hydrogen) atoms. The third-order valence-electron chi connectivity index (χ3n) is 2.80. The SMILES string of the molecule is Cc1ccc(NC(C#N)c2ccc(O)c(Cl)c2)cc1. The van der Waals surface area contributed by atoms with Gasteiger partial charge in [-0.15, -0.1) is 0 Å². The van der Waals surface area contributed by atoms with E-state index in [-0.39, 0.29) is 10.8 Å². The molecule has 1 unspecified atom stereocenters. The molecule has 96 valence electrons. The Morgan fingerprint density at radius 2 is 1.89 bits per heavy atom. The van der Waals surface area contributed by atoms with Crippen LogP contribution in [0.3, 0.4) is 0 Å². The van der Waals surface area contributed by atoms with Gasteiger partial charge in [0.05, 0.1) is 11.1 Å². The molecule has 0 spiro atoms. The molecule has 0 aliphatic heterocycles. The number of nitrogens with zero attached hydrogens (tertiary/aromatic N) is 1. The van der Waals surface area contributed by atoms with Crippen molar-refractivity contribution in [1.29, 1.82) is 5.26 Å². The van der Waals surface area contributed by atoms with E-state index < -0.39 is 6.04 Å². The Morgan fingerprint density at radius 3 is 2.47 bits per heavy atom. The van der Waals surface area contributed by atoms with Gasteiger partial charge in [-0.2, -0.15) is 5.26 Å². The Balaban J connectivity index is 2.23. The summed E-state index contributed by atoms with van der Waals surface area (Å²) in [6, 6.07) is 14.2. The summed E-state index contributed by atoms with van der Waals surface area (Å²) in [6.07, 6.45) is 0.